The quantitative estimate of drug-likeness (QED) is 0.740. The van der Waals surface area contributed by atoms with E-state index in [1.54, 1.807) is 12.1 Å². The standard InChI is InChI=1S/C14H20N2O4S/c1-8(13(15)21)7-16-14(17)9-5-10(18-2)12(20-4)11(6-9)19-3/h5-6,8H,7H2,1-4H3,(H2,15,21)(H,16,17). The number of carbonyl (C=O) groups is 1. The van der Waals surface area contributed by atoms with E-state index in [0.717, 1.165) is 0 Å². The van der Waals surface area contributed by atoms with Crippen molar-refractivity contribution < 1.29 is 19.0 Å². The van der Waals surface area contributed by atoms with Gasteiger partial charge in [-0.05, 0) is 12.1 Å². The average Bonchev–Trinajstić information content (AvgIpc) is 2.50. The van der Waals surface area contributed by atoms with Gasteiger partial charge in [0.2, 0.25) is 5.75 Å². The van der Waals surface area contributed by atoms with Crippen LogP contribution in [0.25, 0.3) is 0 Å². The lowest BCUT2D eigenvalue weighted by Crippen LogP contribution is -2.33. The molecule has 1 atom stereocenters. The molecule has 1 aromatic rings. The SMILES string of the molecule is COc1cc(C(=O)NCC(C)C(N)=S)cc(OC)c1OC. The van der Waals surface area contributed by atoms with Crippen molar-refractivity contribution in [1.29, 1.82) is 0 Å². The van der Waals surface area contributed by atoms with Gasteiger partial charge in [0.1, 0.15) is 0 Å². The third kappa shape index (κ3) is 4.22. The van der Waals surface area contributed by atoms with E-state index >= 15 is 0 Å². The minimum atomic E-state index is -0.266. The zero-order chi connectivity index (χ0) is 16.0. The molecule has 0 heterocycles. The van der Waals surface area contributed by atoms with Crippen LogP contribution in [0.3, 0.4) is 0 Å². The fourth-order valence-electron chi connectivity index (χ4n) is 1.66. The van der Waals surface area contributed by atoms with Crippen LogP contribution in [-0.2, 0) is 0 Å². The Bertz CT molecular complexity index is 509. The van der Waals surface area contributed by atoms with Crippen molar-refractivity contribution >= 4 is 23.1 Å². The predicted molar refractivity (Wildman–Crippen MR) is 84.4 cm³/mol. The van der Waals surface area contributed by atoms with Crippen LogP contribution in [0.15, 0.2) is 12.1 Å². The van der Waals surface area contributed by atoms with Crippen LogP contribution in [0.2, 0.25) is 0 Å². The second kappa shape index (κ2) is 7.68. The van der Waals surface area contributed by atoms with Crippen LogP contribution in [0.4, 0.5) is 0 Å². The molecule has 116 valence electrons. The summed E-state index contributed by atoms with van der Waals surface area (Å²) in [5.41, 5.74) is 5.92. The zero-order valence-electron chi connectivity index (χ0n) is 12.6. The number of nitrogens with one attached hydrogen (secondary N) is 1. The number of thiocarbonyl (C=S) groups is 1. The topological polar surface area (TPSA) is 82.8 Å². The van der Waals surface area contributed by atoms with Gasteiger partial charge in [-0.1, -0.05) is 19.1 Å². The first-order valence-electron chi connectivity index (χ1n) is 6.32. The minimum absolute atomic E-state index is 0.0778. The van der Waals surface area contributed by atoms with E-state index in [9.17, 15) is 4.79 Å². The number of carbonyl (C=O) groups excluding carboxylic acids is 1. The molecule has 0 fully saturated rings. The third-order valence-electron chi connectivity index (χ3n) is 2.98. The molecule has 0 spiro atoms. The normalized spacial score (nSPS) is 11.4. The summed E-state index contributed by atoms with van der Waals surface area (Å²) in [5, 5.41) is 2.76. The van der Waals surface area contributed by atoms with Crippen molar-refractivity contribution in [3.63, 3.8) is 0 Å². The number of hydrogen-bond acceptors (Lipinski definition) is 5. The number of amides is 1. The Balaban J connectivity index is 2.97. The third-order valence-corrected chi connectivity index (χ3v) is 3.38. The molecule has 0 saturated heterocycles. The van der Waals surface area contributed by atoms with Crippen LogP contribution < -0.4 is 25.3 Å². The summed E-state index contributed by atoms with van der Waals surface area (Å²) in [6.07, 6.45) is 0. The molecule has 21 heavy (non-hydrogen) atoms. The average molecular weight is 312 g/mol. The first-order valence-corrected chi connectivity index (χ1v) is 6.72. The van der Waals surface area contributed by atoms with Gasteiger partial charge in [-0.3, -0.25) is 4.79 Å². The molecule has 3 N–H and O–H groups in total. The molecule has 1 amide bonds. The molecule has 1 rings (SSSR count). The van der Waals surface area contributed by atoms with Crippen molar-refractivity contribution in [2.45, 2.75) is 6.92 Å². The highest BCUT2D eigenvalue weighted by atomic mass is 32.1. The van der Waals surface area contributed by atoms with Gasteiger partial charge in [-0.15, -0.1) is 0 Å². The van der Waals surface area contributed by atoms with Crippen LogP contribution >= 0.6 is 12.2 Å². The van der Waals surface area contributed by atoms with Crippen LogP contribution in [0, 0.1) is 5.92 Å². The van der Waals surface area contributed by atoms with Crippen molar-refractivity contribution in [2.24, 2.45) is 11.7 Å². The molecule has 0 radical (unpaired) electrons. The minimum Gasteiger partial charge on any atom is -0.493 e. The summed E-state index contributed by atoms with van der Waals surface area (Å²) in [6, 6.07) is 3.17. The number of ether oxygens (including phenoxy) is 3. The van der Waals surface area contributed by atoms with Gasteiger partial charge in [0.15, 0.2) is 11.5 Å². The summed E-state index contributed by atoms with van der Waals surface area (Å²) in [4.78, 5) is 12.5. The smallest absolute Gasteiger partial charge is 0.251 e. The Morgan fingerprint density at radius 2 is 1.76 bits per heavy atom. The molecule has 0 aliphatic rings. The van der Waals surface area contributed by atoms with Gasteiger partial charge >= 0.3 is 0 Å². The number of hydrogen-bond donors (Lipinski definition) is 2. The maximum absolute atomic E-state index is 12.2. The van der Waals surface area contributed by atoms with E-state index in [4.69, 9.17) is 32.2 Å². The molecular weight excluding hydrogens is 292 g/mol. The maximum Gasteiger partial charge on any atom is 0.251 e. The number of nitrogens with two attached hydrogens (primary N) is 1. The van der Waals surface area contributed by atoms with Crippen molar-refractivity contribution in [2.75, 3.05) is 27.9 Å². The van der Waals surface area contributed by atoms with E-state index in [1.807, 2.05) is 6.92 Å². The molecule has 0 saturated carbocycles. The summed E-state index contributed by atoms with van der Waals surface area (Å²) in [6.45, 7) is 2.21. The number of benzene rings is 1. The Hall–Kier alpha value is -2.02. The molecule has 6 nitrogen and oxygen atoms in total. The maximum atomic E-state index is 12.2. The number of rotatable bonds is 7. The fourth-order valence-corrected chi connectivity index (χ4v) is 1.74. The molecule has 0 bridgehead atoms. The molecule has 7 heteroatoms. The second-order valence-corrected chi connectivity index (χ2v) is 4.90. The van der Waals surface area contributed by atoms with Crippen molar-refractivity contribution in [3.8, 4) is 17.2 Å². The Kier molecular flexibility index (Phi) is 6.23. The summed E-state index contributed by atoms with van der Waals surface area (Å²) in [7, 11) is 4.49. The zero-order valence-corrected chi connectivity index (χ0v) is 13.4. The molecule has 0 aliphatic carbocycles. The van der Waals surface area contributed by atoms with Gasteiger partial charge in [-0.25, -0.2) is 0 Å². The molecule has 0 aliphatic heterocycles. The van der Waals surface area contributed by atoms with Gasteiger partial charge in [0, 0.05) is 18.0 Å². The van der Waals surface area contributed by atoms with E-state index in [2.05, 4.69) is 5.32 Å². The summed E-state index contributed by atoms with van der Waals surface area (Å²) >= 11 is 4.87. The molecule has 0 aromatic heterocycles. The van der Waals surface area contributed by atoms with Crippen molar-refractivity contribution in [3.05, 3.63) is 17.7 Å². The van der Waals surface area contributed by atoms with Gasteiger partial charge in [0.25, 0.3) is 5.91 Å². The van der Waals surface area contributed by atoms with Crippen LogP contribution in [0.1, 0.15) is 17.3 Å². The highest BCUT2D eigenvalue weighted by Crippen LogP contribution is 2.38. The molecular formula is C14H20N2O4S. The van der Waals surface area contributed by atoms with Gasteiger partial charge in [-0.2, -0.15) is 0 Å². The molecule has 1 unspecified atom stereocenters. The highest BCUT2D eigenvalue weighted by molar-refractivity contribution is 7.80. The Morgan fingerprint density at radius 1 is 1.24 bits per heavy atom. The highest BCUT2D eigenvalue weighted by Gasteiger charge is 2.17. The van der Waals surface area contributed by atoms with Crippen molar-refractivity contribution in [1.82, 2.24) is 5.32 Å². The van der Waals surface area contributed by atoms with E-state index in [0.29, 0.717) is 34.3 Å². The van der Waals surface area contributed by atoms with Crippen LogP contribution in [-0.4, -0.2) is 38.8 Å². The summed E-state index contributed by atoms with van der Waals surface area (Å²) in [5.74, 6) is 0.935. The van der Waals surface area contributed by atoms with E-state index < -0.39 is 0 Å². The monoisotopic (exact) mass is 312 g/mol. The lowest BCUT2D eigenvalue weighted by atomic mass is 10.1. The summed E-state index contributed by atoms with van der Waals surface area (Å²) < 4.78 is 15.6. The van der Waals surface area contributed by atoms with Gasteiger partial charge in [0.05, 0.1) is 26.3 Å². The van der Waals surface area contributed by atoms with E-state index in [1.165, 1.54) is 21.3 Å². The lowest BCUT2D eigenvalue weighted by Gasteiger charge is -2.15. The Morgan fingerprint density at radius 3 is 2.14 bits per heavy atom. The largest absolute Gasteiger partial charge is 0.493 e. The lowest BCUT2D eigenvalue weighted by molar-refractivity contribution is 0.0950. The Labute approximate surface area is 129 Å². The fraction of sp³-hybridized carbons (Fsp3) is 0.429. The molecule has 1 aromatic carbocycles. The van der Waals surface area contributed by atoms with Gasteiger partial charge < -0.3 is 25.3 Å². The second-order valence-electron chi connectivity index (χ2n) is 4.43. The van der Waals surface area contributed by atoms with Crippen LogP contribution in [0.5, 0.6) is 17.2 Å². The predicted octanol–water partition coefficient (Wildman–Crippen LogP) is 1.36. The first kappa shape index (κ1) is 17.0. The van der Waals surface area contributed by atoms with E-state index in [-0.39, 0.29) is 11.8 Å². The first-order chi connectivity index (χ1) is 9.94. The number of methoxy groups -OCH3 is 3.